The van der Waals surface area contributed by atoms with Gasteiger partial charge in [-0.3, -0.25) is 9.59 Å². The van der Waals surface area contributed by atoms with Gasteiger partial charge in [0, 0.05) is 19.8 Å². The highest BCUT2D eigenvalue weighted by Gasteiger charge is 2.34. The van der Waals surface area contributed by atoms with Gasteiger partial charge in [0.05, 0.1) is 34.5 Å². The molecule has 0 radical (unpaired) electrons. The number of nitrogen functional groups attached to an aromatic ring is 1. The second kappa shape index (κ2) is 9.10. The number of imidazole rings is 1. The summed E-state index contributed by atoms with van der Waals surface area (Å²) in [5, 5.41) is 3.54. The van der Waals surface area contributed by atoms with Gasteiger partial charge < -0.3 is 20.5 Å². The maximum absolute atomic E-state index is 13.3. The number of likely N-dealkylation sites (tertiary alicyclic amines) is 1. The summed E-state index contributed by atoms with van der Waals surface area (Å²) in [6.45, 7) is 4.42. The minimum absolute atomic E-state index is 0.194. The molecule has 2 amide bonds. The molecule has 3 N–H and O–H groups in total. The van der Waals surface area contributed by atoms with Crippen LogP contribution < -0.4 is 11.1 Å². The van der Waals surface area contributed by atoms with E-state index < -0.39 is 11.8 Å². The molecule has 10 heteroatoms. The van der Waals surface area contributed by atoms with Gasteiger partial charge in [-0.1, -0.05) is 13.0 Å². The molecule has 2 atom stereocenters. The molecule has 0 saturated carbocycles. The molecule has 180 valence electrons. The lowest BCUT2D eigenvalue weighted by Crippen LogP contribution is -2.46. The molecular formula is C25H27N7O2S. The fourth-order valence-electron chi connectivity index (χ4n) is 4.48. The largest absolute Gasteiger partial charge is 0.383 e. The number of nitrogens with two attached hydrogens (primary N) is 1. The van der Waals surface area contributed by atoms with E-state index in [0.717, 1.165) is 44.9 Å². The first-order valence-electron chi connectivity index (χ1n) is 11.5. The molecule has 1 fully saturated rings. The average molecular weight is 490 g/mol. The maximum Gasteiger partial charge on any atom is 0.313 e. The van der Waals surface area contributed by atoms with Crippen LogP contribution in [0.4, 0.5) is 11.5 Å². The van der Waals surface area contributed by atoms with Gasteiger partial charge in [0.25, 0.3) is 0 Å². The molecule has 1 saturated heterocycles. The van der Waals surface area contributed by atoms with E-state index in [1.807, 2.05) is 36.0 Å². The Hall–Kier alpha value is -3.79. The molecule has 1 aliphatic heterocycles. The Labute approximate surface area is 207 Å². The fourth-order valence-corrected chi connectivity index (χ4v) is 5.38. The Morgan fingerprint density at radius 3 is 2.77 bits per heavy atom. The Kier molecular flexibility index (Phi) is 5.98. The number of aromatic nitrogens is 4. The van der Waals surface area contributed by atoms with Crippen molar-refractivity contribution in [2.75, 3.05) is 17.6 Å². The van der Waals surface area contributed by atoms with Gasteiger partial charge in [-0.15, -0.1) is 11.3 Å². The Morgan fingerprint density at radius 2 is 2.03 bits per heavy atom. The third-order valence-corrected chi connectivity index (χ3v) is 7.43. The van der Waals surface area contributed by atoms with Crippen molar-refractivity contribution in [3.63, 3.8) is 0 Å². The molecule has 3 aromatic heterocycles. The van der Waals surface area contributed by atoms with Gasteiger partial charge in [-0.05, 0) is 55.0 Å². The molecule has 9 nitrogen and oxygen atoms in total. The van der Waals surface area contributed by atoms with Crippen LogP contribution in [0.3, 0.4) is 0 Å². The topological polar surface area (TPSA) is 119 Å². The van der Waals surface area contributed by atoms with Crippen molar-refractivity contribution in [2.24, 2.45) is 13.0 Å². The number of pyridine rings is 1. The number of nitrogens with one attached hydrogen (secondary N) is 1. The van der Waals surface area contributed by atoms with Gasteiger partial charge in [-0.2, -0.15) is 0 Å². The molecule has 4 aromatic rings. The van der Waals surface area contributed by atoms with Gasteiger partial charge in [0.1, 0.15) is 16.5 Å². The number of anilines is 2. The van der Waals surface area contributed by atoms with E-state index in [2.05, 4.69) is 22.2 Å². The van der Waals surface area contributed by atoms with E-state index in [4.69, 9.17) is 10.7 Å². The molecule has 0 unspecified atom stereocenters. The van der Waals surface area contributed by atoms with Crippen LogP contribution in [0.1, 0.15) is 36.9 Å². The normalized spacial score (nSPS) is 18.1. The standard InChI is InChI=1S/C25H27N7O2S/c1-14-4-6-20(32(11-14)25(34)23(33)29-17-8-15(2)22(26)27-10-17)16-5-7-21-18(9-16)30-24(35-21)19-12-31(3)13-28-19/h5,7-10,12-14,20H,4,6,11H2,1-3H3,(H2,26,27)(H,29,33)/t14-,20+/m0/s1. The van der Waals surface area contributed by atoms with Crippen LogP contribution in [0, 0.1) is 12.8 Å². The lowest BCUT2D eigenvalue weighted by molar-refractivity contribution is -0.146. The Bertz CT molecular complexity index is 1430. The van der Waals surface area contributed by atoms with Gasteiger partial charge >= 0.3 is 11.8 Å². The highest BCUT2D eigenvalue weighted by Crippen LogP contribution is 2.36. The second-order valence-corrected chi connectivity index (χ2v) is 10.2. The fraction of sp³-hybridized carbons (Fsp3) is 0.320. The molecule has 35 heavy (non-hydrogen) atoms. The van der Waals surface area contributed by atoms with Crippen LogP contribution in [-0.2, 0) is 16.6 Å². The predicted molar refractivity (Wildman–Crippen MR) is 137 cm³/mol. The summed E-state index contributed by atoms with van der Waals surface area (Å²) in [4.78, 5) is 41.1. The molecule has 5 rings (SSSR count). The smallest absolute Gasteiger partial charge is 0.313 e. The van der Waals surface area contributed by atoms with E-state index in [1.54, 1.807) is 35.6 Å². The van der Waals surface area contributed by atoms with Crippen LogP contribution in [0.15, 0.2) is 43.0 Å². The summed E-state index contributed by atoms with van der Waals surface area (Å²) >= 11 is 1.59. The summed E-state index contributed by atoms with van der Waals surface area (Å²) in [6, 6.07) is 7.62. The van der Waals surface area contributed by atoms with Crippen LogP contribution in [-0.4, -0.2) is 42.8 Å². The maximum atomic E-state index is 13.3. The summed E-state index contributed by atoms with van der Waals surface area (Å²) in [5.74, 6) is -0.532. The number of piperidine rings is 1. The van der Waals surface area contributed by atoms with Crippen LogP contribution in [0.25, 0.3) is 20.9 Å². The number of rotatable bonds is 3. The van der Waals surface area contributed by atoms with Gasteiger partial charge in [-0.25, -0.2) is 15.0 Å². The number of hydrogen-bond acceptors (Lipinski definition) is 7. The summed E-state index contributed by atoms with van der Waals surface area (Å²) in [6.07, 6.45) is 6.92. The van der Waals surface area contributed by atoms with Crippen molar-refractivity contribution in [1.29, 1.82) is 0 Å². The lowest BCUT2D eigenvalue weighted by Gasteiger charge is -2.38. The number of hydrogen-bond donors (Lipinski definition) is 2. The van der Waals surface area contributed by atoms with Crippen molar-refractivity contribution < 1.29 is 9.59 Å². The number of carbonyl (C=O) groups excluding carboxylic acids is 2. The second-order valence-electron chi connectivity index (χ2n) is 9.21. The summed E-state index contributed by atoms with van der Waals surface area (Å²) in [5.41, 5.74) is 9.63. The first kappa shape index (κ1) is 23.0. The first-order chi connectivity index (χ1) is 16.8. The molecule has 0 spiro atoms. The van der Waals surface area contributed by atoms with E-state index in [9.17, 15) is 9.59 Å². The highest BCUT2D eigenvalue weighted by atomic mass is 32.1. The van der Waals surface area contributed by atoms with E-state index >= 15 is 0 Å². The zero-order valence-electron chi connectivity index (χ0n) is 19.9. The predicted octanol–water partition coefficient (Wildman–Crippen LogP) is 3.92. The number of fused-ring (bicyclic) bond motifs is 1. The molecule has 4 heterocycles. The summed E-state index contributed by atoms with van der Waals surface area (Å²) in [7, 11) is 1.93. The average Bonchev–Trinajstić information content (AvgIpc) is 3.46. The third-order valence-electron chi connectivity index (χ3n) is 6.37. The zero-order valence-corrected chi connectivity index (χ0v) is 20.7. The van der Waals surface area contributed by atoms with Crippen LogP contribution >= 0.6 is 11.3 Å². The molecule has 1 aromatic carbocycles. The third kappa shape index (κ3) is 4.61. The van der Waals surface area contributed by atoms with Crippen molar-refractivity contribution in [2.45, 2.75) is 32.7 Å². The highest BCUT2D eigenvalue weighted by molar-refractivity contribution is 7.21. The number of thiazole rings is 1. The van der Waals surface area contributed by atoms with Crippen molar-refractivity contribution in [1.82, 2.24) is 24.4 Å². The number of amides is 2. The summed E-state index contributed by atoms with van der Waals surface area (Å²) < 4.78 is 2.95. The van der Waals surface area contributed by atoms with Crippen molar-refractivity contribution in [3.8, 4) is 10.7 Å². The van der Waals surface area contributed by atoms with E-state index in [-0.39, 0.29) is 6.04 Å². The van der Waals surface area contributed by atoms with E-state index in [1.165, 1.54) is 6.20 Å². The van der Waals surface area contributed by atoms with Gasteiger partial charge in [0.15, 0.2) is 0 Å². The number of nitrogens with zero attached hydrogens (tertiary/aromatic N) is 5. The Balaban J connectivity index is 1.40. The quantitative estimate of drug-likeness (QED) is 0.421. The Morgan fingerprint density at radius 1 is 1.20 bits per heavy atom. The van der Waals surface area contributed by atoms with Crippen molar-refractivity contribution >= 4 is 44.9 Å². The minimum Gasteiger partial charge on any atom is -0.383 e. The lowest BCUT2D eigenvalue weighted by atomic mass is 9.89. The molecule has 0 bridgehead atoms. The SMILES string of the molecule is Cc1cc(NC(=O)C(=O)N2C[C@@H](C)CC[C@@H]2c2ccc3sc(-c4cn(C)cn4)nc3c2)cnc1N. The molecule has 0 aliphatic carbocycles. The number of carbonyl (C=O) groups is 2. The number of benzene rings is 1. The number of aryl methyl sites for hydroxylation is 2. The zero-order chi connectivity index (χ0) is 24.7. The van der Waals surface area contributed by atoms with Crippen LogP contribution in [0.2, 0.25) is 0 Å². The molecular weight excluding hydrogens is 462 g/mol. The van der Waals surface area contributed by atoms with Gasteiger partial charge in [0.2, 0.25) is 0 Å². The minimum atomic E-state index is -0.678. The van der Waals surface area contributed by atoms with Crippen molar-refractivity contribution in [3.05, 3.63) is 54.1 Å². The van der Waals surface area contributed by atoms with E-state index in [0.29, 0.717) is 24.0 Å². The molecule has 1 aliphatic rings. The monoisotopic (exact) mass is 489 g/mol. The van der Waals surface area contributed by atoms with Crippen LogP contribution in [0.5, 0.6) is 0 Å². The first-order valence-corrected chi connectivity index (χ1v) is 12.3.